The van der Waals surface area contributed by atoms with Gasteiger partial charge in [-0.2, -0.15) is 0 Å². The highest BCUT2D eigenvalue weighted by Crippen LogP contribution is 2.36. The van der Waals surface area contributed by atoms with Crippen molar-refractivity contribution in [3.8, 4) is 0 Å². The van der Waals surface area contributed by atoms with Crippen LogP contribution < -0.4 is 0 Å². The number of rotatable bonds is 3. The van der Waals surface area contributed by atoms with Gasteiger partial charge in [0.15, 0.2) is 0 Å². The number of hydrogen-bond donors (Lipinski definition) is 0. The Bertz CT molecular complexity index is 625. The lowest BCUT2D eigenvalue weighted by Gasteiger charge is -2.25. The molecule has 1 aliphatic heterocycles. The first kappa shape index (κ1) is 14.3. The van der Waals surface area contributed by atoms with Crippen molar-refractivity contribution < 1.29 is 4.52 Å². The Kier molecular flexibility index (Phi) is 3.85. The van der Waals surface area contributed by atoms with Crippen LogP contribution in [0.4, 0.5) is 0 Å². The maximum absolute atomic E-state index is 5.37. The van der Waals surface area contributed by atoms with Gasteiger partial charge in [0.25, 0.3) is 0 Å². The number of hydrogen-bond acceptors (Lipinski definition) is 3. The predicted molar refractivity (Wildman–Crippen MR) is 84.3 cm³/mol. The second-order valence-electron chi connectivity index (χ2n) is 6.30. The monoisotopic (exact) mass is 284 g/mol. The Balaban J connectivity index is 1.86. The van der Waals surface area contributed by atoms with Crippen molar-refractivity contribution in [1.82, 2.24) is 10.1 Å². The highest BCUT2D eigenvalue weighted by molar-refractivity contribution is 5.31. The van der Waals surface area contributed by atoms with Crippen molar-refractivity contribution >= 4 is 0 Å². The van der Waals surface area contributed by atoms with E-state index in [4.69, 9.17) is 4.52 Å². The van der Waals surface area contributed by atoms with E-state index in [9.17, 15) is 0 Å². The van der Waals surface area contributed by atoms with E-state index in [1.54, 1.807) is 0 Å². The molecule has 0 bridgehead atoms. The van der Waals surface area contributed by atoms with Crippen LogP contribution in [0.5, 0.6) is 0 Å². The van der Waals surface area contributed by atoms with Crippen molar-refractivity contribution in [1.29, 1.82) is 0 Å². The smallest absolute Gasteiger partial charge is 0.138 e. The van der Waals surface area contributed by atoms with E-state index < -0.39 is 0 Å². The molecule has 0 saturated carbocycles. The number of aryl methyl sites for hydroxylation is 4. The van der Waals surface area contributed by atoms with Crippen molar-refractivity contribution in [3.05, 3.63) is 51.9 Å². The molecule has 3 heteroatoms. The van der Waals surface area contributed by atoms with Gasteiger partial charge in [0.05, 0.1) is 5.69 Å². The summed E-state index contributed by atoms with van der Waals surface area (Å²) in [4.78, 5) is 2.58. The van der Waals surface area contributed by atoms with Gasteiger partial charge in [-0.1, -0.05) is 28.9 Å². The average molecular weight is 284 g/mol. The predicted octanol–water partition coefficient (Wildman–Crippen LogP) is 4.25. The van der Waals surface area contributed by atoms with Crippen LogP contribution in [0.3, 0.4) is 0 Å². The van der Waals surface area contributed by atoms with Crippen LogP contribution in [0.15, 0.2) is 22.7 Å². The van der Waals surface area contributed by atoms with E-state index in [2.05, 4.69) is 49.0 Å². The summed E-state index contributed by atoms with van der Waals surface area (Å²) in [6.45, 7) is 10.6. The molecular weight excluding hydrogens is 260 g/mol. The average Bonchev–Trinajstić information content (AvgIpc) is 3.01. The first-order chi connectivity index (χ1) is 10.1. The summed E-state index contributed by atoms with van der Waals surface area (Å²) in [7, 11) is 0. The highest BCUT2D eigenvalue weighted by Gasteiger charge is 2.30. The quantitative estimate of drug-likeness (QED) is 0.844. The minimum Gasteiger partial charge on any atom is -0.361 e. The van der Waals surface area contributed by atoms with Gasteiger partial charge in [-0.05, 0) is 58.2 Å². The zero-order valence-corrected chi connectivity index (χ0v) is 13.4. The van der Waals surface area contributed by atoms with Gasteiger partial charge in [0, 0.05) is 18.2 Å². The topological polar surface area (TPSA) is 29.3 Å². The van der Waals surface area contributed by atoms with E-state index in [1.807, 2.05) is 6.92 Å². The Hall–Kier alpha value is -1.61. The zero-order chi connectivity index (χ0) is 15.0. The van der Waals surface area contributed by atoms with Crippen molar-refractivity contribution in [2.24, 2.45) is 0 Å². The summed E-state index contributed by atoms with van der Waals surface area (Å²) in [6, 6.07) is 7.19. The van der Waals surface area contributed by atoms with Gasteiger partial charge >= 0.3 is 0 Å². The lowest BCUT2D eigenvalue weighted by molar-refractivity contribution is 0.245. The van der Waals surface area contributed by atoms with E-state index in [1.165, 1.54) is 35.1 Å². The fourth-order valence-electron chi connectivity index (χ4n) is 3.50. The Morgan fingerprint density at radius 3 is 2.76 bits per heavy atom. The maximum Gasteiger partial charge on any atom is 0.138 e. The molecule has 112 valence electrons. The molecule has 0 radical (unpaired) electrons. The first-order valence-corrected chi connectivity index (χ1v) is 7.79. The second-order valence-corrected chi connectivity index (χ2v) is 6.30. The van der Waals surface area contributed by atoms with Gasteiger partial charge in [0.2, 0.25) is 0 Å². The van der Waals surface area contributed by atoms with Gasteiger partial charge in [-0.3, -0.25) is 4.90 Å². The fraction of sp³-hybridized carbons (Fsp3) is 0.500. The van der Waals surface area contributed by atoms with Crippen molar-refractivity contribution in [2.45, 2.75) is 53.1 Å². The number of likely N-dealkylation sites (tertiary alicyclic amines) is 1. The fourth-order valence-corrected chi connectivity index (χ4v) is 3.50. The lowest BCUT2D eigenvalue weighted by Crippen LogP contribution is -2.24. The van der Waals surface area contributed by atoms with Crippen LogP contribution in [0.2, 0.25) is 0 Å². The SMILES string of the molecule is Cc1ccc(C)c(CN2CCC[C@H]2c2c(C)noc2C)c1. The first-order valence-electron chi connectivity index (χ1n) is 7.79. The molecule has 21 heavy (non-hydrogen) atoms. The molecular formula is C18H24N2O. The number of aromatic nitrogens is 1. The second kappa shape index (κ2) is 5.64. The van der Waals surface area contributed by atoms with E-state index in [-0.39, 0.29) is 0 Å². The maximum atomic E-state index is 5.37. The summed E-state index contributed by atoms with van der Waals surface area (Å²) in [5.41, 5.74) is 6.51. The number of benzene rings is 1. The van der Waals surface area contributed by atoms with Gasteiger partial charge in [0.1, 0.15) is 5.76 Å². The van der Waals surface area contributed by atoms with Crippen LogP contribution >= 0.6 is 0 Å². The Morgan fingerprint density at radius 1 is 1.24 bits per heavy atom. The normalized spacial score (nSPS) is 19.3. The summed E-state index contributed by atoms with van der Waals surface area (Å²) < 4.78 is 5.37. The Labute approximate surface area is 126 Å². The highest BCUT2D eigenvalue weighted by atomic mass is 16.5. The van der Waals surface area contributed by atoms with Gasteiger partial charge < -0.3 is 4.52 Å². The van der Waals surface area contributed by atoms with Crippen LogP contribution in [-0.2, 0) is 6.54 Å². The van der Waals surface area contributed by atoms with E-state index in [0.717, 1.165) is 24.5 Å². The molecule has 0 spiro atoms. The molecule has 3 rings (SSSR count). The molecule has 1 saturated heterocycles. The molecule has 0 amide bonds. The molecule has 2 heterocycles. The molecule has 1 aliphatic rings. The molecule has 1 atom stereocenters. The third-order valence-electron chi connectivity index (χ3n) is 4.66. The van der Waals surface area contributed by atoms with E-state index in [0.29, 0.717) is 6.04 Å². The summed E-state index contributed by atoms with van der Waals surface area (Å²) in [6.07, 6.45) is 2.45. The Morgan fingerprint density at radius 2 is 2.05 bits per heavy atom. The molecule has 3 nitrogen and oxygen atoms in total. The third kappa shape index (κ3) is 2.75. The minimum absolute atomic E-state index is 0.455. The third-order valence-corrected chi connectivity index (χ3v) is 4.66. The standard InChI is InChI=1S/C18H24N2O/c1-12-7-8-13(2)16(10-12)11-20-9-5-6-17(20)18-14(3)19-21-15(18)4/h7-8,10,17H,5-6,9,11H2,1-4H3/t17-/m0/s1. The van der Waals surface area contributed by atoms with Crippen LogP contribution in [0, 0.1) is 27.7 Å². The summed E-state index contributed by atoms with van der Waals surface area (Å²) in [5, 5.41) is 4.13. The van der Waals surface area contributed by atoms with Gasteiger partial charge in [-0.15, -0.1) is 0 Å². The van der Waals surface area contributed by atoms with E-state index >= 15 is 0 Å². The number of nitrogens with zero attached hydrogens (tertiary/aromatic N) is 2. The van der Waals surface area contributed by atoms with Crippen molar-refractivity contribution in [2.75, 3.05) is 6.54 Å². The molecule has 0 N–H and O–H groups in total. The van der Waals surface area contributed by atoms with Crippen molar-refractivity contribution in [3.63, 3.8) is 0 Å². The summed E-state index contributed by atoms with van der Waals surface area (Å²) >= 11 is 0. The lowest BCUT2D eigenvalue weighted by atomic mass is 10.0. The summed E-state index contributed by atoms with van der Waals surface area (Å²) in [5.74, 6) is 0.977. The van der Waals surface area contributed by atoms with Gasteiger partial charge in [-0.25, -0.2) is 0 Å². The van der Waals surface area contributed by atoms with Crippen LogP contribution in [0.25, 0.3) is 0 Å². The van der Waals surface area contributed by atoms with Crippen LogP contribution in [0.1, 0.15) is 52.6 Å². The minimum atomic E-state index is 0.455. The molecule has 2 aromatic rings. The molecule has 0 aliphatic carbocycles. The largest absolute Gasteiger partial charge is 0.361 e. The molecule has 1 aromatic heterocycles. The molecule has 1 fully saturated rings. The zero-order valence-electron chi connectivity index (χ0n) is 13.4. The van der Waals surface area contributed by atoms with Crippen LogP contribution in [-0.4, -0.2) is 16.6 Å². The molecule has 1 aromatic carbocycles. The molecule has 0 unspecified atom stereocenters.